The smallest absolute Gasteiger partial charge is 0.348 e. The molecule has 0 saturated heterocycles. The van der Waals surface area contributed by atoms with Gasteiger partial charge in [0.25, 0.3) is 0 Å². The van der Waals surface area contributed by atoms with Gasteiger partial charge in [-0.3, -0.25) is 10.1 Å². The van der Waals surface area contributed by atoms with Gasteiger partial charge in [0.15, 0.2) is 0 Å². The SMILES string of the molecule is CC1CCC(Nc2ncnc(Cl)c2[N+](=O)[O-])C(C)C1. The predicted octanol–water partition coefficient (Wildman–Crippen LogP) is 3.27. The third-order valence-electron chi connectivity index (χ3n) is 3.71. The Morgan fingerprint density at radius 2 is 2.16 bits per heavy atom. The van der Waals surface area contributed by atoms with Crippen LogP contribution in [0.4, 0.5) is 11.5 Å². The van der Waals surface area contributed by atoms with Gasteiger partial charge in [0.05, 0.1) is 4.92 Å². The van der Waals surface area contributed by atoms with Crippen LogP contribution in [0.3, 0.4) is 0 Å². The van der Waals surface area contributed by atoms with Gasteiger partial charge in [-0.15, -0.1) is 0 Å². The lowest BCUT2D eigenvalue weighted by molar-refractivity contribution is -0.384. The first-order valence-electron chi connectivity index (χ1n) is 6.40. The van der Waals surface area contributed by atoms with Crippen LogP contribution in [0.2, 0.25) is 5.15 Å². The van der Waals surface area contributed by atoms with E-state index in [-0.39, 0.29) is 22.7 Å². The van der Waals surface area contributed by atoms with E-state index in [1.54, 1.807) is 0 Å². The monoisotopic (exact) mass is 284 g/mol. The molecule has 0 radical (unpaired) electrons. The molecule has 1 fully saturated rings. The molecule has 3 atom stereocenters. The zero-order valence-corrected chi connectivity index (χ0v) is 11.7. The fourth-order valence-electron chi connectivity index (χ4n) is 2.68. The minimum Gasteiger partial charge on any atom is -0.361 e. The third kappa shape index (κ3) is 3.12. The highest BCUT2D eigenvalue weighted by Gasteiger charge is 2.29. The topological polar surface area (TPSA) is 81.0 Å². The van der Waals surface area contributed by atoms with Crippen LogP contribution in [0.5, 0.6) is 0 Å². The average Bonchev–Trinajstić information content (AvgIpc) is 2.32. The Hall–Kier alpha value is -1.43. The molecule has 1 aromatic rings. The van der Waals surface area contributed by atoms with Gasteiger partial charge in [0, 0.05) is 6.04 Å². The zero-order chi connectivity index (χ0) is 14.0. The summed E-state index contributed by atoms with van der Waals surface area (Å²) in [7, 11) is 0. The van der Waals surface area contributed by atoms with E-state index in [2.05, 4.69) is 29.1 Å². The quantitative estimate of drug-likeness (QED) is 0.523. The number of halogens is 1. The van der Waals surface area contributed by atoms with Crippen LogP contribution in [0, 0.1) is 22.0 Å². The molecule has 0 bridgehead atoms. The molecule has 0 spiro atoms. The molecule has 1 aromatic heterocycles. The molecule has 3 unspecified atom stereocenters. The zero-order valence-electron chi connectivity index (χ0n) is 11.0. The molecule has 1 heterocycles. The molecule has 1 saturated carbocycles. The van der Waals surface area contributed by atoms with Gasteiger partial charge >= 0.3 is 5.69 Å². The maximum absolute atomic E-state index is 11.0. The summed E-state index contributed by atoms with van der Waals surface area (Å²) in [5, 5.41) is 14.1. The van der Waals surface area contributed by atoms with E-state index in [1.165, 1.54) is 6.33 Å². The second kappa shape index (κ2) is 5.69. The average molecular weight is 285 g/mol. The van der Waals surface area contributed by atoms with Crippen molar-refractivity contribution in [3.05, 3.63) is 21.6 Å². The molecule has 6 nitrogen and oxygen atoms in total. The Labute approximate surface area is 116 Å². The Balaban J connectivity index is 2.19. The van der Waals surface area contributed by atoms with Crippen LogP contribution >= 0.6 is 11.6 Å². The van der Waals surface area contributed by atoms with Crippen molar-refractivity contribution in [3.63, 3.8) is 0 Å². The molecule has 0 aliphatic heterocycles. The van der Waals surface area contributed by atoms with Crippen LogP contribution in [0.15, 0.2) is 6.33 Å². The highest BCUT2D eigenvalue weighted by atomic mass is 35.5. The summed E-state index contributed by atoms with van der Waals surface area (Å²) >= 11 is 5.77. The number of hydrogen-bond donors (Lipinski definition) is 1. The number of nitrogens with zero attached hydrogens (tertiary/aromatic N) is 3. The van der Waals surface area contributed by atoms with Crippen molar-refractivity contribution in [2.75, 3.05) is 5.32 Å². The molecule has 19 heavy (non-hydrogen) atoms. The molecule has 0 aromatic carbocycles. The molecule has 7 heteroatoms. The van der Waals surface area contributed by atoms with Crippen LogP contribution in [-0.2, 0) is 0 Å². The molecular formula is C12H17ClN4O2. The van der Waals surface area contributed by atoms with E-state index < -0.39 is 4.92 Å². The molecule has 1 aliphatic carbocycles. The fraction of sp³-hybridized carbons (Fsp3) is 0.667. The highest BCUT2D eigenvalue weighted by molar-refractivity contribution is 6.31. The van der Waals surface area contributed by atoms with Gasteiger partial charge in [0.1, 0.15) is 6.33 Å². The first-order chi connectivity index (χ1) is 8.99. The van der Waals surface area contributed by atoms with Crippen LogP contribution in [0.25, 0.3) is 0 Å². The Morgan fingerprint density at radius 3 is 2.79 bits per heavy atom. The summed E-state index contributed by atoms with van der Waals surface area (Å²) in [6.45, 7) is 4.39. The lowest BCUT2D eigenvalue weighted by Crippen LogP contribution is -2.33. The van der Waals surface area contributed by atoms with Crippen LogP contribution in [0.1, 0.15) is 33.1 Å². The maximum Gasteiger partial charge on any atom is 0.348 e. The van der Waals surface area contributed by atoms with E-state index in [0.29, 0.717) is 11.8 Å². The van der Waals surface area contributed by atoms with Crippen molar-refractivity contribution in [2.24, 2.45) is 11.8 Å². The summed E-state index contributed by atoms with van der Waals surface area (Å²) in [5.74, 6) is 1.38. The lowest BCUT2D eigenvalue weighted by atomic mass is 9.80. The highest BCUT2D eigenvalue weighted by Crippen LogP contribution is 2.34. The Bertz CT molecular complexity index is 483. The molecule has 1 aliphatic rings. The van der Waals surface area contributed by atoms with Crippen molar-refractivity contribution in [3.8, 4) is 0 Å². The van der Waals surface area contributed by atoms with E-state index >= 15 is 0 Å². The van der Waals surface area contributed by atoms with Crippen molar-refractivity contribution < 1.29 is 4.92 Å². The van der Waals surface area contributed by atoms with Gasteiger partial charge < -0.3 is 5.32 Å². The van der Waals surface area contributed by atoms with E-state index in [4.69, 9.17) is 11.6 Å². The number of nitro groups is 1. The van der Waals surface area contributed by atoms with Crippen molar-refractivity contribution in [2.45, 2.75) is 39.2 Å². The summed E-state index contributed by atoms with van der Waals surface area (Å²) in [4.78, 5) is 18.1. The van der Waals surface area contributed by atoms with Crippen LogP contribution < -0.4 is 5.32 Å². The molecule has 0 amide bonds. The van der Waals surface area contributed by atoms with Gasteiger partial charge in [0.2, 0.25) is 11.0 Å². The van der Waals surface area contributed by atoms with Gasteiger partial charge in [-0.25, -0.2) is 9.97 Å². The largest absolute Gasteiger partial charge is 0.361 e. The van der Waals surface area contributed by atoms with Crippen molar-refractivity contribution >= 4 is 23.1 Å². The second-order valence-corrected chi connectivity index (χ2v) is 5.62. The molecule has 1 N–H and O–H groups in total. The second-order valence-electron chi connectivity index (χ2n) is 5.27. The predicted molar refractivity (Wildman–Crippen MR) is 73.3 cm³/mol. The summed E-state index contributed by atoms with van der Waals surface area (Å²) < 4.78 is 0. The van der Waals surface area contributed by atoms with Crippen molar-refractivity contribution in [1.29, 1.82) is 0 Å². The number of aromatic nitrogens is 2. The number of anilines is 1. The Kier molecular flexibility index (Phi) is 4.19. The number of nitrogens with one attached hydrogen (secondary N) is 1. The van der Waals surface area contributed by atoms with Gasteiger partial charge in [-0.05, 0) is 31.1 Å². The minimum absolute atomic E-state index is 0.126. The molecular weight excluding hydrogens is 268 g/mol. The van der Waals surface area contributed by atoms with E-state index in [1.807, 2.05) is 0 Å². The normalized spacial score (nSPS) is 27.0. The first kappa shape index (κ1) is 14.0. The third-order valence-corrected chi connectivity index (χ3v) is 3.99. The summed E-state index contributed by atoms with van der Waals surface area (Å²) in [5.41, 5.74) is -0.241. The Morgan fingerprint density at radius 1 is 1.42 bits per heavy atom. The van der Waals surface area contributed by atoms with Gasteiger partial charge in [-0.2, -0.15) is 0 Å². The lowest BCUT2D eigenvalue weighted by Gasteiger charge is -2.33. The minimum atomic E-state index is -0.541. The summed E-state index contributed by atoms with van der Waals surface area (Å²) in [6, 6.07) is 0.195. The number of hydrogen-bond acceptors (Lipinski definition) is 5. The van der Waals surface area contributed by atoms with Gasteiger partial charge in [-0.1, -0.05) is 25.4 Å². The standard InChI is InChI=1S/C12H17ClN4O2/c1-7-3-4-9(8(2)5-7)16-12-10(17(18)19)11(13)14-6-15-12/h6-9H,3-5H2,1-2H3,(H,14,15,16). The summed E-state index contributed by atoms with van der Waals surface area (Å²) in [6.07, 6.45) is 4.47. The van der Waals surface area contributed by atoms with Crippen LogP contribution in [-0.4, -0.2) is 20.9 Å². The first-order valence-corrected chi connectivity index (χ1v) is 6.78. The van der Waals surface area contributed by atoms with Crippen molar-refractivity contribution in [1.82, 2.24) is 9.97 Å². The van der Waals surface area contributed by atoms with E-state index in [0.717, 1.165) is 19.3 Å². The van der Waals surface area contributed by atoms with E-state index in [9.17, 15) is 10.1 Å². The maximum atomic E-state index is 11.0. The molecule has 2 rings (SSSR count). The fourth-order valence-corrected chi connectivity index (χ4v) is 2.88. The molecule has 104 valence electrons. The number of rotatable bonds is 3.